The summed E-state index contributed by atoms with van der Waals surface area (Å²) in [7, 11) is 1.79. The highest BCUT2D eigenvalue weighted by Gasteiger charge is 2.21. The minimum Gasteiger partial charge on any atom is -0.352 e. The van der Waals surface area contributed by atoms with Gasteiger partial charge in [-0.25, -0.2) is 4.98 Å². The molecule has 2 aliphatic rings. The monoisotopic (exact) mass is 309 g/mol. The molecule has 1 aromatic carbocycles. The molecule has 4 rings (SSSR count). The van der Waals surface area contributed by atoms with Crippen molar-refractivity contribution in [3.63, 3.8) is 0 Å². The van der Waals surface area contributed by atoms with E-state index in [0.29, 0.717) is 6.67 Å². The molecular weight excluding hydrogens is 286 g/mol. The lowest BCUT2D eigenvalue weighted by Crippen LogP contribution is -2.36. The molecule has 120 valence electrons. The maximum atomic E-state index is 4.50. The van der Waals surface area contributed by atoms with E-state index in [0.717, 1.165) is 29.0 Å². The largest absolute Gasteiger partial charge is 0.352 e. The summed E-state index contributed by atoms with van der Waals surface area (Å²) >= 11 is 0. The maximum Gasteiger partial charge on any atom is 0.152 e. The summed E-state index contributed by atoms with van der Waals surface area (Å²) in [6, 6.07) is 8.98. The van der Waals surface area contributed by atoms with Gasteiger partial charge in [-0.05, 0) is 36.5 Å². The third-order valence-corrected chi connectivity index (χ3v) is 4.97. The van der Waals surface area contributed by atoms with Gasteiger partial charge in [-0.15, -0.1) is 0 Å². The molecule has 0 amide bonds. The average Bonchev–Trinajstić information content (AvgIpc) is 3.07. The summed E-state index contributed by atoms with van der Waals surface area (Å²) < 4.78 is 2.10. The smallest absolute Gasteiger partial charge is 0.152 e. The Bertz CT molecular complexity index is 708. The van der Waals surface area contributed by atoms with Crippen LogP contribution in [-0.4, -0.2) is 29.1 Å². The van der Waals surface area contributed by atoms with Gasteiger partial charge in [-0.2, -0.15) is 0 Å². The summed E-state index contributed by atoms with van der Waals surface area (Å²) in [6.07, 6.45) is 8.68. The number of amidine groups is 1. The lowest BCUT2D eigenvalue weighted by atomic mass is 9.84. The molecule has 2 aromatic rings. The lowest BCUT2D eigenvalue weighted by Gasteiger charge is -2.22. The van der Waals surface area contributed by atoms with Crippen molar-refractivity contribution >= 4 is 11.7 Å². The number of imidazole rings is 1. The van der Waals surface area contributed by atoms with Crippen LogP contribution in [0.3, 0.4) is 0 Å². The van der Waals surface area contributed by atoms with Gasteiger partial charge in [0.1, 0.15) is 17.8 Å². The van der Waals surface area contributed by atoms with E-state index in [4.69, 9.17) is 0 Å². The molecule has 2 N–H and O–H groups in total. The second kappa shape index (κ2) is 6.07. The Kier molecular flexibility index (Phi) is 3.77. The molecule has 2 heterocycles. The molecule has 0 bridgehead atoms. The number of nitrogens with one attached hydrogen (secondary N) is 2. The first-order valence-electron chi connectivity index (χ1n) is 8.49. The van der Waals surface area contributed by atoms with Crippen LogP contribution in [0.5, 0.6) is 0 Å². The van der Waals surface area contributed by atoms with Crippen LogP contribution in [0.15, 0.2) is 35.6 Å². The van der Waals surface area contributed by atoms with Crippen LogP contribution >= 0.6 is 0 Å². The Labute approximate surface area is 136 Å². The van der Waals surface area contributed by atoms with Crippen molar-refractivity contribution in [2.24, 2.45) is 4.99 Å². The van der Waals surface area contributed by atoms with Crippen molar-refractivity contribution in [3.05, 3.63) is 41.9 Å². The predicted octanol–water partition coefficient (Wildman–Crippen LogP) is 3.27. The SMILES string of the molecule is CN=C1NCNc2c1ncn2-c1ccc(C2CCCCC2)cc1. The number of aliphatic imine (C=N–C) groups is 1. The minimum atomic E-state index is 0.672. The van der Waals surface area contributed by atoms with Crippen molar-refractivity contribution < 1.29 is 0 Å². The van der Waals surface area contributed by atoms with Crippen molar-refractivity contribution in [1.29, 1.82) is 0 Å². The van der Waals surface area contributed by atoms with Crippen LogP contribution in [0, 0.1) is 0 Å². The zero-order valence-corrected chi connectivity index (χ0v) is 13.5. The number of rotatable bonds is 2. The Hall–Kier alpha value is -2.30. The first kappa shape index (κ1) is 14.3. The standard InChI is InChI=1S/C18H23N5/c1-19-17-16-18(21-11-20-17)23(12-22-16)15-9-7-14(8-10-15)13-5-3-2-4-6-13/h7-10,12-13,21H,2-6,11H2,1H3,(H,19,20). The van der Waals surface area contributed by atoms with Crippen LogP contribution < -0.4 is 10.6 Å². The number of nitrogens with zero attached hydrogens (tertiary/aromatic N) is 3. The molecular formula is C18H23N5. The number of benzene rings is 1. The molecule has 0 unspecified atom stereocenters. The highest BCUT2D eigenvalue weighted by molar-refractivity contribution is 6.02. The third-order valence-electron chi connectivity index (χ3n) is 4.97. The van der Waals surface area contributed by atoms with Gasteiger partial charge in [-0.1, -0.05) is 31.4 Å². The molecule has 1 aliphatic carbocycles. The van der Waals surface area contributed by atoms with Gasteiger partial charge in [-0.3, -0.25) is 9.56 Å². The van der Waals surface area contributed by atoms with E-state index in [-0.39, 0.29) is 0 Å². The van der Waals surface area contributed by atoms with Gasteiger partial charge in [0.15, 0.2) is 5.84 Å². The van der Waals surface area contributed by atoms with E-state index in [1.165, 1.54) is 37.7 Å². The Morgan fingerprint density at radius 1 is 1.09 bits per heavy atom. The number of hydrogen-bond acceptors (Lipinski definition) is 3. The summed E-state index contributed by atoms with van der Waals surface area (Å²) in [6.45, 7) is 0.672. The number of hydrogen-bond donors (Lipinski definition) is 2. The number of fused-ring (bicyclic) bond motifs is 1. The Morgan fingerprint density at radius 3 is 2.61 bits per heavy atom. The highest BCUT2D eigenvalue weighted by atomic mass is 15.3. The maximum absolute atomic E-state index is 4.50. The molecule has 1 aromatic heterocycles. The van der Waals surface area contributed by atoms with E-state index in [1.54, 1.807) is 7.05 Å². The molecule has 1 saturated carbocycles. The van der Waals surface area contributed by atoms with Crippen molar-refractivity contribution in [1.82, 2.24) is 14.9 Å². The minimum absolute atomic E-state index is 0.672. The second-order valence-electron chi connectivity index (χ2n) is 6.34. The van der Waals surface area contributed by atoms with Crippen LogP contribution in [0.4, 0.5) is 5.82 Å². The molecule has 0 spiro atoms. The van der Waals surface area contributed by atoms with E-state index < -0.39 is 0 Å². The van der Waals surface area contributed by atoms with Crippen molar-refractivity contribution in [2.75, 3.05) is 19.0 Å². The molecule has 5 nitrogen and oxygen atoms in total. The number of anilines is 1. The van der Waals surface area contributed by atoms with E-state index in [1.807, 2.05) is 6.33 Å². The Morgan fingerprint density at radius 2 is 1.87 bits per heavy atom. The summed E-state index contributed by atoms with van der Waals surface area (Å²) in [5.41, 5.74) is 3.51. The molecule has 5 heteroatoms. The molecule has 0 radical (unpaired) electrons. The van der Waals surface area contributed by atoms with Crippen LogP contribution in [-0.2, 0) is 0 Å². The zero-order chi connectivity index (χ0) is 15.6. The quantitative estimate of drug-likeness (QED) is 0.895. The topological polar surface area (TPSA) is 54.2 Å². The van der Waals surface area contributed by atoms with Gasteiger partial charge in [0.2, 0.25) is 0 Å². The van der Waals surface area contributed by atoms with Gasteiger partial charge in [0.25, 0.3) is 0 Å². The first-order chi connectivity index (χ1) is 11.4. The Balaban J connectivity index is 1.63. The van der Waals surface area contributed by atoms with Gasteiger partial charge in [0.05, 0.1) is 6.67 Å². The second-order valence-corrected chi connectivity index (χ2v) is 6.34. The molecule has 0 atom stereocenters. The van der Waals surface area contributed by atoms with Crippen molar-refractivity contribution in [2.45, 2.75) is 38.0 Å². The zero-order valence-electron chi connectivity index (χ0n) is 13.5. The predicted molar refractivity (Wildman–Crippen MR) is 93.5 cm³/mol. The van der Waals surface area contributed by atoms with Gasteiger partial charge < -0.3 is 10.6 Å². The molecule has 23 heavy (non-hydrogen) atoms. The summed E-state index contributed by atoms with van der Waals surface area (Å²) in [4.78, 5) is 8.77. The van der Waals surface area contributed by atoms with Crippen LogP contribution in [0.1, 0.15) is 49.3 Å². The van der Waals surface area contributed by atoms with Gasteiger partial charge in [0, 0.05) is 12.7 Å². The van der Waals surface area contributed by atoms with Crippen molar-refractivity contribution in [3.8, 4) is 5.69 Å². The van der Waals surface area contributed by atoms with Gasteiger partial charge >= 0.3 is 0 Å². The third kappa shape index (κ3) is 2.60. The molecule has 1 fully saturated rings. The normalized spacial score (nSPS) is 20.0. The highest BCUT2D eigenvalue weighted by Crippen LogP contribution is 2.33. The fourth-order valence-corrected chi connectivity index (χ4v) is 3.71. The van der Waals surface area contributed by atoms with E-state index in [2.05, 4.69) is 49.4 Å². The average molecular weight is 309 g/mol. The van der Waals surface area contributed by atoms with Crippen LogP contribution in [0.2, 0.25) is 0 Å². The number of aromatic nitrogens is 2. The van der Waals surface area contributed by atoms with E-state index >= 15 is 0 Å². The first-order valence-corrected chi connectivity index (χ1v) is 8.49. The molecule has 1 aliphatic heterocycles. The fraction of sp³-hybridized carbons (Fsp3) is 0.444. The fourth-order valence-electron chi connectivity index (χ4n) is 3.71. The molecule has 0 saturated heterocycles. The summed E-state index contributed by atoms with van der Waals surface area (Å²) in [5.74, 6) is 2.60. The van der Waals surface area contributed by atoms with E-state index in [9.17, 15) is 0 Å². The lowest BCUT2D eigenvalue weighted by molar-refractivity contribution is 0.443. The summed E-state index contributed by atoms with van der Waals surface area (Å²) in [5, 5.41) is 6.57. The van der Waals surface area contributed by atoms with Crippen LogP contribution in [0.25, 0.3) is 5.69 Å².